The van der Waals surface area contributed by atoms with Gasteiger partial charge in [-0.3, -0.25) is 14.8 Å². The maximum absolute atomic E-state index is 13.9. The number of aliphatic hydroxyl groups is 1. The fourth-order valence-electron chi connectivity index (χ4n) is 3.91. The minimum absolute atomic E-state index is 0. The van der Waals surface area contributed by atoms with Gasteiger partial charge in [-0.05, 0) is 42.3 Å². The molecule has 1 fully saturated rings. The van der Waals surface area contributed by atoms with E-state index in [9.17, 15) is 14.3 Å². The molecule has 5 nitrogen and oxygen atoms in total. The number of carbonyl (C=O) groups is 1. The van der Waals surface area contributed by atoms with E-state index >= 15 is 0 Å². The molecule has 1 saturated heterocycles. The lowest BCUT2D eigenvalue weighted by Crippen LogP contribution is -2.47. The Morgan fingerprint density at radius 2 is 1.85 bits per heavy atom. The predicted molar refractivity (Wildman–Crippen MR) is 135 cm³/mol. The molecule has 2 unspecified atom stereocenters. The number of nitrogens with zero attached hydrogens (tertiary/aromatic N) is 3. The van der Waals surface area contributed by atoms with Crippen molar-refractivity contribution in [3.63, 3.8) is 0 Å². The number of pyridine rings is 2. The van der Waals surface area contributed by atoms with Gasteiger partial charge in [0, 0.05) is 63.5 Å². The van der Waals surface area contributed by atoms with Gasteiger partial charge in [-0.25, -0.2) is 4.39 Å². The number of piperidine rings is 1. The van der Waals surface area contributed by atoms with E-state index in [1.54, 1.807) is 36.8 Å². The van der Waals surface area contributed by atoms with Gasteiger partial charge in [0.05, 0.1) is 12.6 Å². The molecule has 0 saturated carbocycles. The summed E-state index contributed by atoms with van der Waals surface area (Å²) in [5, 5.41) is 9.99. The van der Waals surface area contributed by atoms with Crippen LogP contribution in [0.5, 0.6) is 0 Å². The van der Waals surface area contributed by atoms with E-state index in [1.807, 2.05) is 12.1 Å². The summed E-state index contributed by atoms with van der Waals surface area (Å²) in [4.78, 5) is 23.1. The molecule has 2 atom stereocenters. The summed E-state index contributed by atoms with van der Waals surface area (Å²) in [7, 11) is 0. The van der Waals surface area contributed by atoms with Crippen LogP contribution < -0.4 is 0 Å². The summed E-state index contributed by atoms with van der Waals surface area (Å²) in [6, 6.07) is 11.1. The zero-order valence-electron chi connectivity index (χ0n) is 18.9. The molecule has 3 heterocycles. The molecule has 7 heteroatoms. The Labute approximate surface area is 205 Å². The smallest absolute Gasteiger partial charge is 0.254 e. The third-order valence-electron chi connectivity index (χ3n) is 5.92. The van der Waals surface area contributed by atoms with Crippen molar-refractivity contribution in [3.05, 3.63) is 71.3 Å². The number of hydrogen-bond acceptors (Lipinski definition) is 4. The predicted octanol–water partition coefficient (Wildman–Crippen LogP) is 5.94. The Kier molecular flexibility index (Phi) is 7.74. The van der Waals surface area contributed by atoms with Crippen LogP contribution in [-0.2, 0) is 5.41 Å². The zero-order valence-corrected chi connectivity index (χ0v) is 19.7. The number of likely N-dealkylation sites (tertiary alicyclic amines) is 1. The first kappa shape index (κ1) is 25.8. The number of aromatic nitrogens is 2. The first-order valence-corrected chi connectivity index (χ1v) is 11.3. The Morgan fingerprint density at radius 3 is 2.53 bits per heavy atom. The highest BCUT2D eigenvalue weighted by atomic mass is 35.5. The molecule has 34 heavy (non-hydrogen) atoms. The quantitative estimate of drug-likeness (QED) is 0.500. The Balaban J connectivity index is 0.00000324. The molecular formula is C27H31ClFN3O2. The van der Waals surface area contributed by atoms with Crippen molar-refractivity contribution in [1.29, 1.82) is 0 Å². The van der Waals surface area contributed by atoms with Crippen LogP contribution in [-0.4, -0.2) is 51.2 Å². The molecule has 0 spiro atoms. The van der Waals surface area contributed by atoms with Crippen molar-refractivity contribution in [3.8, 4) is 22.3 Å². The number of alkyl halides is 1. The third-order valence-corrected chi connectivity index (χ3v) is 6.23. The molecule has 0 aliphatic carbocycles. The summed E-state index contributed by atoms with van der Waals surface area (Å²) in [6.07, 6.45) is 3.12. The van der Waals surface area contributed by atoms with Crippen molar-refractivity contribution < 1.29 is 14.3 Å². The molecule has 1 aromatic carbocycles. The maximum Gasteiger partial charge on any atom is 0.254 e. The van der Waals surface area contributed by atoms with Crippen LogP contribution in [0.2, 0.25) is 5.02 Å². The molecular weight excluding hydrogens is 453 g/mol. The van der Waals surface area contributed by atoms with E-state index in [4.69, 9.17) is 11.6 Å². The molecule has 0 bridgehead atoms. The van der Waals surface area contributed by atoms with Crippen LogP contribution in [0.25, 0.3) is 22.3 Å². The molecule has 1 amide bonds. The lowest BCUT2D eigenvalue weighted by atomic mass is 9.90. The summed E-state index contributed by atoms with van der Waals surface area (Å²) in [5.74, 6) is -0.295. The van der Waals surface area contributed by atoms with Crippen LogP contribution in [0.3, 0.4) is 0 Å². The van der Waals surface area contributed by atoms with Crippen molar-refractivity contribution in [2.45, 2.75) is 52.3 Å². The van der Waals surface area contributed by atoms with Crippen molar-refractivity contribution >= 4 is 17.5 Å². The second-order valence-electron chi connectivity index (χ2n) is 9.46. The number of amides is 1. The molecule has 0 radical (unpaired) electrons. The van der Waals surface area contributed by atoms with Gasteiger partial charge in [-0.15, -0.1) is 0 Å². The van der Waals surface area contributed by atoms with Gasteiger partial charge < -0.3 is 10.0 Å². The van der Waals surface area contributed by atoms with Crippen LogP contribution in [0.15, 0.2) is 55.0 Å². The molecule has 3 aromatic rings. The lowest BCUT2D eigenvalue weighted by molar-refractivity contribution is 0.00826. The Hall–Kier alpha value is -2.83. The molecule has 2 aromatic heterocycles. The van der Waals surface area contributed by atoms with E-state index in [-0.39, 0.29) is 31.7 Å². The standard InChI is InChI=1S/C26H27ClFN3O2.CH4/c1-26(2,3)24-12-16(6-8-30-24)18-10-19(14-29-13-18)20-5-4-17(11-21(20)27)25(33)31-9-7-23(32)22(28)15-31;/h4-6,8,10-14,22-23,32H,7,9,15H2,1-3H3;1H4. The molecule has 1 N–H and O–H groups in total. The summed E-state index contributed by atoms with van der Waals surface area (Å²) < 4.78 is 13.9. The highest BCUT2D eigenvalue weighted by molar-refractivity contribution is 6.33. The van der Waals surface area contributed by atoms with E-state index in [0.717, 1.165) is 27.9 Å². The Morgan fingerprint density at radius 1 is 1.12 bits per heavy atom. The molecule has 180 valence electrons. The highest BCUT2D eigenvalue weighted by Gasteiger charge is 2.30. The summed E-state index contributed by atoms with van der Waals surface area (Å²) in [6.45, 7) is 6.56. The van der Waals surface area contributed by atoms with Crippen molar-refractivity contribution in [2.24, 2.45) is 0 Å². The van der Waals surface area contributed by atoms with E-state index in [0.29, 0.717) is 17.1 Å². The number of carbonyl (C=O) groups excluding carboxylic acids is 1. The van der Waals surface area contributed by atoms with E-state index in [2.05, 4.69) is 36.8 Å². The van der Waals surface area contributed by atoms with E-state index < -0.39 is 12.3 Å². The number of benzene rings is 1. The second-order valence-corrected chi connectivity index (χ2v) is 9.87. The monoisotopic (exact) mass is 483 g/mol. The summed E-state index contributed by atoms with van der Waals surface area (Å²) >= 11 is 6.56. The first-order chi connectivity index (χ1) is 15.6. The normalized spacial score (nSPS) is 18.4. The van der Waals surface area contributed by atoms with Gasteiger partial charge >= 0.3 is 0 Å². The van der Waals surface area contributed by atoms with Gasteiger partial charge in [0.25, 0.3) is 5.91 Å². The second kappa shape index (κ2) is 10.2. The largest absolute Gasteiger partial charge is 0.390 e. The zero-order chi connectivity index (χ0) is 23.8. The Bertz CT molecular complexity index is 1180. The van der Waals surface area contributed by atoms with Crippen molar-refractivity contribution in [2.75, 3.05) is 13.1 Å². The molecule has 1 aliphatic rings. The minimum atomic E-state index is -1.43. The number of halogens is 2. The number of aliphatic hydroxyl groups excluding tert-OH is 1. The SMILES string of the molecule is C.CC(C)(C)c1cc(-c2cncc(-c3ccc(C(=O)N4CCC(O)C(F)C4)cc3Cl)c2)ccn1. The van der Waals surface area contributed by atoms with Crippen LogP contribution in [0.4, 0.5) is 4.39 Å². The van der Waals surface area contributed by atoms with Gasteiger partial charge in [-0.1, -0.05) is 45.9 Å². The fraction of sp³-hybridized carbons (Fsp3) is 0.370. The van der Waals surface area contributed by atoms with Gasteiger partial charge in [0.2, 0.25) is 0 Å². The van der Waals surface area contributed by atoms with Gasteiger partial charge in [0.15, 0.2) is 0 Å². The van der Waals surface area contributed by atoms with Crippen LogP contribution >= 0.6 is 11.6 Å². The van der Waals surface area contributed by atoms with E-state index in [1.165, 1.54) is 4.90 Å². The van der Waals surface area contributed by atoms with Crippen molar-refractivity contribution in [1.82, 2.24) is 14.9 Å². The summed E-state index contributed by atoms with van der Waals surface area (Å²) in [5.41, 5.74) is 4.85. The minimum Gasteiger partial charge on any atom is -0.390 e. The highest BCUT2D eigenvalue weighted by Crippen LogP contribution is 2.32. The van der Waals surface area contributed by atoms with Crippen LogP contribution in [0.1, 0.15) is 50.7 Å². The lowest BCUT2D eigenvalue weighted by Gasteiger charge is -2.32. The fourth-order valence-corrected chi connectivity index (χ4v) is 4.20. The number of rotatable bonds is 3. The third kappa shape index (κ3) is 5.45. The van der Waals surface area contributed by atoms with Crippen LogP contribution in [0, 0.1) is 0 Å². The number of hydrogen-bond donors (Lipinski definition) is 1. The average molecular weight is 484 g/mol. The van der Waals surface area contributed by atoms with Gasteiger partial charge in [0.1, 0.15) is 6.17 Å². The maximum atomic E-state index is 13.9. The average Bonchev–Trinajstić information content (AvgIpc) is 2.80. The molecule has 1 aliphatic heterocycles. The van der Waals surface area contributed by atoms with Gasteiger partial charge in [-0.2, -0.15) is 0 Å². The first-order valence-electron chi connectivity index (χ1n) is 11.0. The topological polar surface area (TPSA) is 66.3 Å². The molecule has 4 rings (SSSR count).